The molecule has 1 aliphatic heterocycles. The van der Waals surface area contributed by atoms with E-state index in [2.05, 4.69) is 29.2 Å². The molecule has 3 aromatic rings. The molecule has 160 valence electrons. The molecule has 4 heteroatoms. The first-order chi connectivity index (χ1) is 15.3. The van der Waals surface area contributed by atoms with E-state index in [9.17, 15) is 4.79 Å². The molecule has 31 heavy (non-hydrogen) atoms. The van der Waals surface area contributed by atoms with Gasteiger partial charge in [0.25, 0.3) is 0 Å². The van der Waals surface area contributed by atoms with Crippen LogP contribution in [0.4, 0.5) is 0 Å². The Balaban J connectivity index is 1.28. The lowest BCUT2D eigenvalue weighted by Gasteiger charge is -2.22. The number of carbonyl (C=O) groups excluding carboxylic acids is 1. The van der Waals surface area contributed by atoms with Crippen molar-refractivity contribution < 1.29 is 9.53 Å². The molecule has 3 aromatic carbocycles. The van der Waals surface area contributed by atoms with Gasteiger partial charge in [-0.05, 0) is 48.2 Å². The molecule has 0 aromatic heterocycles. The maximum absolute atomic E-state index is 12.7. The summed E-state index contributed by atoms with van der Waals surface area (Å²) < 4.78 is 5.97. The zero-order chi connectivity index (χ0) is 21.3. The van der Waals surface area contributed by atoms with Gasteiger partial charge in [0.05, 0.1) is 0 Å². The summed E-state index contributed by atoms with van der Waals surface area (Å²) in [7, 11) is 0. The number of amides is 1. The molecule has 1 saturated heterocycles. The highest BCUT2D eigenvalue weighted by atomic mass is 16.5. The van der Waals surface area contributed by atoms with Crippen LogP contribution in [-0.4, -0.2) is 41.9 Å². The molecule has 4 rings (SSSR count). The van der Waals surface area contributed by atoms with Crippen LogP contribution < -0.4 is 4.74 Å². The molecule has 0 aliphatic carbocycles. The first kappa shape index (κ1) is 21.1. The highest BCUT2D eigenvalue weighted by Gasteiger charge is 2.19. The lowest BCUT2D eigenvalue weighted by atomic mass is 10.1. The van der Waals surface area contributed by atoms with E-state index < -0.39 is 0 Å². The van der Waals surface area contributed by atoms with Gasteiger partial charge in [0, 0.05) is 39.1 Å². The molecular formula is C27H30N2O2. The molecule has 0 bridgehead atoms. The molecule has 0 atom stereocenters. The van der Waals surface area contributed by atoms with Crippen molar-refractivity contribution in [2.24, 2.45) is 0 Å². The van der Waals surface area contributed by atoms with E-state index in [0.29, 0.717) is 6.42 Å². The molecule has 1 amide bonds. The van der Waals surface area contributed by atoms with Gasteiger partial charge in [0.2, 0.25) is 5.91 Å². The predicted molar refractivity (Wildman–Crippen MR) is 124 cm³/mol. The van der Waals surface area contributed by atoms with E-state index in [0.717, 1.165) is 57.1 Å². The van der Waals surface area contributed by atoms with Gasteiger partial charge in [-0.25, -0.2) is 0 Å². The van der Waals surface area contributed by atoms with Crippen LogP contribution in [0.2, 0.25) is 0 Å². The molecular weight excluding hydrogens is 384 g/mol. The van der Waals surface area contributed by atoms with E-state index in [-0.39, 0.29) is 5.91 Å². The molecule has 1 fully saturated rings. The number of nitrogens with zero attached hydrogens (tertiary/aromatic N) is 2. The SMILES string of the molecule is O=C(CCc1ccccc1)N1CCCN(Cc2cccc(Oc3ccccc3)c2)CC1. The average Bonchev–Trinajstić information content (AvgIpc) is 3.05. The minimum absolute atomic E-state index is 0.268. The van der Waals surface area contributed by atoms with E-state index in [4.69, 9.17) is 4.74 Å². The largest absolute Gasteiger partial charge is 0.457 e. The second-order valence-electron chi connectivity index (χ2n) is 8.06. The first-order valence-electron chi connectivity index (χ1n) is 11.1. The summed E-state index contributed by atoms with van der Waals surface area (Å²) in [6.45, 7) is 4.43. The fourth-order valence-electron chi connectivity index (χ4n) is 4.02. The topological polar surface area (TPSA) is 32.8 Å². The van der Waals surface area contributed by atoms with Gasteiger partial charge >= 0.3 is 0 Å². The molecule has 0 unspecified atom stereocenters. The third-order valence-corrected chi connectivity index (χ3v) is 5.70. The Hall–Kier alpha value is -3.11. The van der Waals surface area contributed by atoms with Crippen molar-refractivity contribution in [2.75, 3.05) is 26.2 Å². The van der Waals surface area contributed by atoms with Gasteiger partial charge in [-0.2, -0.15) is 0 Å². The lowest BCUT2D eigenvalue weighted by molar-refractivity contribution is -0.131. The minimum atomic E-state index is 0.268. The third kappa shape index (κ3) is 6.43. The Bertz CT molecular complexity index is 959. The number of hydrogen-bond donors (Lipinski definition) is 0. The predicted octanol–water partition coefficient (Wildman–Crippen LogP) is 5.15. The van der Waals surface area contributed by atoms with Crippen LogP contribution in [0.15, 0.2) is 84.9 Å². The highest BCUT2D eigenvalue weighted by molar-refractivity contribution is 5.76. The van der Waals surface area contributed by atoms with Gasteiger partial charge in [0.15, 0.2) is 0 Å². The number of rotatable bonds is 7. The zero-order valence-corrected chi connectivity index (χ0v) is 18.0. The number of hydrogen-bond acceptors (Lipinski definition) is 3. The van der Waals surface area contributed by atoms with Crippen LogP contribution in [0.25, 0.3) is 0 Å². The second kappa shape index (κ2) is 10.8. The van der Waals surface area contributed by atoms with Crippen molar-refractivity contribution in [1.29, 1.82) is 0 Å². The van der Waals surface area contributed by atoms with E-state index in [1.807, 2.05) is 65.6 Å². The Morgan fingerprint density at radius 3 is 2.26 bits per heavy atom. The van der Waals surface area contributed by atoms with Crippen LogP contribution in [0.1, 0.15) is 24.0 Å². The number of ether oxygens (including phenoxy) is 1. The van der Waals surface area contributed by atoms with E-state index >= 15 is 0 Å². The summed E-state index contributed by atoms with van der Waals surface area (Å²) in [5.41, 5.74) is 2.46. The molecule has 0 saturated carbocycles. The monoisotopic (exact) mass is 414 g/mol. The van der Waals surface area contributed by atoms with E-state index in [1.165, 1.54) is 11.1 Å². The number of aryl methyl sites for hydroxylation is 1. The van der Waals surface area contributed by atoms with Crippen molar-refractivity contribution in [3.63, 3.8) is 0 Å². The maximum Gasteiger partial charge on any atom is 0.222 e. The Kier molecular flexibility index (Phi) is 7.35. The fourth-order valence-corrected chi connectivity index (χ4v) is 4.02. The summed E-state index contributed by atoms with van der Waals surface area (Å²) in [6.07, 6.45) is 2.41. The van der Waals surface area contributed by atoms with Gasteiger partial charge in [0.1, 0.15) is 11.5 Å². The molecule has 4 nitrogen and oxygen atoms in total. The van der Waals surface area contributed by atoms with Crippen molar-refractivity contribution >= 4 is 5.91 Å². The number of benzene rings is 3. The van der Waals surface area contributed by atoms with Crippen molar-refractivity contribution in [3.05, 3.63) is 96.1 Å². The Labute approximate surface area is 185 Å². The normalized spacial score (nSPS) is 14.8. The quantitative estimate of drug-likeness (QED) is 0.536. The van der Waals surface area contributed by atoms with Crippen LogP contribution in [0, 0.1) is 0 Å². The Morgan fingerprint density at radius 2 is 1.45 bits per heavy atom. The van der Waals surface area contributed by atoms with Crippen molar-refractivity contribution in [2.45, 2.75) is 25.8 Å². The van der Waals surface area contributed by atoms with Crippen LogP contribution >= 0.6 is 0 Å². The molecule has 0 N–H and O–H groups in total. The van der Waals surface area contributed by atoms with Crippen molar-refractivity contribution in [1.82, 2.24) is 9.80 Å². The second-order valence-corrected chi connectivity index (χ2v) is 8.06. The molecule has 1 heterocycles. The third-order valence-electron chi connectivity index (χ3n) is 5.70. The van der Waals surface area contributed by atoms with Crippen LogP contribution in [-0.2, 0) is 17.8 Å². The zero-order valence-electron chi connectivity index (χ0n) is 18.0. The highest BCUT2D eigenvalue weighted by Crippen LogP contribution is 2.22. The summed E-state index contributed by atoms with van der Waals surface area (Å²) in [5, 5.41) is 0. The summed E-state index contributed by atoms with van der Waals surface area (Å²) >= 11 is 0. The maximum atomic E-state index is 12.7. The number of para-hydroxylation sites is 1. The van der Waals surface area contributed by atoms with Gasteiger partial charge in [-0.1, -0.05) is 60.7 Å². The lowest BCUT2D eigenvalue weighted by Crippen LogP contribution is -2.35. The molecule has 0 radical (unpaired) electrons. The fraction of sp³-hybridized carbons (Fsp3) is 0.296. The standard InChI is InChI=1S/C27H30N2O2/c30-27(16-15-23-9-3-1-4-10-23)29-18-8-17-28(19-20-29)22-24-11-7-14-26(21-24)31-25-12-5-2-6-13-25/h1-7,9-14,21H,8,15-20,22H2. The first-order valence-corrected chi connectivity index (χ1v) is 11.1. The van der Waals surface area contributed by atoms with Gasteiger partial charge in [-0.15, -0.1) is 0 Å². The van der Waals surface area contributed by atoms with Crippen LogP contribution in [0.3, 0.4) is 0 Å². The van der Waals surface area contributed by atoms with Gasteiger partial charge in [-0.3, -0.25) is 9.69 Å². The molecule has 0 spiro atoms. The number of carbonyl (C=O) groups is 1. The minimum Gasteiger partial charge on any atom is -0.457 e. The summed E-state index contributed by atoms with van der Waals surface area (Å²) in [6, 6.07) is 28.4. The Morgan fingerprint density at radius 1 is 0.742 bits per heavy atom. The molecule has 1 aliphatic rings. The summed E-state index contributed by atoms with van der Waals surface area (Å²) in [4.78, 5) is 17.2. The van der Waals surface area contributed by atoms with Gasteiger partial charge < -0.3 is 9.64 Å². The average molecular weight is 415 g/mol. The smallest absolute Gasteiger partial charge is 0.222 e. The van der Waals surface area contributed by atoms with Crippen molar-refractivity contribution in [3.8, 4) is 11.5 Å². The van der Waals surface area contributed by atoms with Crippen LogP contribution in [0.5, 0.6) is 11.5 Å². The summed E-state index contributed by atoms with van der Waals surface area (Å²) in [5.74, 6) is 1.97. The van der Waals surface area contributed by atoms with E-state index in [1.54, 1.807) is 0 Å².